The van der Waals surface area contributed by atoms with Gasteiger partial charge in [-0.3, -0.25) is 9.59 Å². The van der Waals surface area contributed by atoms with Gasteiger partial charge in [0.1, 0.15) is 0 Å². The molecule has 2 aliphatic carbocycles. The molecule has 0 N–H and O–H groups in total. The molecule has 0 heterocycles. The molecule has 0 aromatic carbocycles. The first-order chi connectivity index (χ1) is 10.6. The summed E-state index contributed by atoms with van der Waals surface area (Å²) >= 11 is 0. The lowest BCUT2D eigenvalue weighted by molar-refractivity contribution is -0.119. The Balaban J connectivity index is 1.84. The van der Waals surface area contributed by atoms with Crippen molar-refractivity contribution < 1.29 is 9.59 Å². The fourth-order valence-corrected chi connectivity index (χ4v) is 3.77. The van der Waals surface area contributed by atoms with Crippen molar-refractivity contribution in [2.45, 2.75) is 78.1 Å². The predicted octanol–water partition coefficient (Wildman–Crippen LogP) is 5.18. The van der Waals surface area contributed by atoms with Crippen LogP contribution in [0.2, 0.25) is 0 Å². The van der Waals surface area contributed by atoms with Crippen LogP contribution in [0.4, 0.5) is 0 Å². The average molecular weight is 302 g/mol. The number of hydrogen-bond donors (Lipinski definition) is 0. The molecule has 22 heavy (non-hydrogen) atoms. The highest BCUT2D eigenvalue weighted by Gasteiger charge is 2.23. The summed E-state index contributed by atoms with van der Waals surface area (Å²) < 4.78 is 0. The van der Waals surface area contributed by atoms with E-state index in [9.17, 15) is 9.59 Å². The van der Waals surface area contributed by atoms with E-state index in [1.165, 1.54) is 11.1 Å². The van der Waals surface area contributed by atoms with Crippen molar-refractivity contribution in [2.24, 2.45) is 11.8 Å². The molecule has 0 fully saturated rings. The summed E-state index contributed by atoms with van der Waals surface area (Å²) in [5.74, 6) is 1.19. The third kappa shape index (κ3) is 4.66. The zero-order valence-electron chi connectivity index (χ0n) is 14.2. The van der Waals surface area contributed by atoms with Crippen molar-refractivity contribution in [3.63, 3.8) is 0 Å². The van der Waals surface area contributed by atoms with Gasteiger partial charge in [0.2, 0.25) is 0 Å². The lowest BCUT2D eigenvalue weighted by Crippen LogP contribution is -2.18. The van der Waals surface area contributed by atoms with Gasteiger partial charge in [0.05, 0.1) is 0 Å². The number of allylic oxidation sites excluding steroid dienone is 4. The Morgan fingerprint density at radius 2 is 1.23 bits per heavy atom. The zero-order chi connectivity index (χ0) is 15.9. The Morgan fingerprint density at radius 3 is 1.55 bits per heavy atom. The fourth-order valence-electron chi connectivity index (χ4n) is 3.77. The minimum absolute atomic E-state index is 0.263. The molecule has 0 aliphatic heterocycles. The van der Waals surface area contributed by atoms with Gasteiger partial charge in [0, 0.05) is 11.8 Å². The summed E-state index contributed by atoms with van der Waals surface area (Å²) in [7, 11) is 0. The molecule has 0 saturated carbocycles. The average Bonchev–Trinajstić information content (AvgIpc) is 2.50. The number of carbonyl (C=O) groups excluding carboxylic acids is 2. The molecule has 0 amide bonds. The van der Waals surface area contributed by atoms with Crippen LogP contribution < -0.4 is 0 Å². The monoisotopic (exact) mass is 302 g/mol. The van der Waals surface area contributed by atoms with E-state index in [1.54, 1.807) is 0 Å². The first kappa shape index (κ1) is 17.2. The Labute approximate surface area is 135 Å². The lowest BCUT2D eigenvalue weighted by Gasteiger charge is -2.23. The Kier molecular flexibility index (Phi) is 6.60. The van der Waals surface area contributed by atoms with E-state index < -0.39 is 0 Å². The molecule has 0 radical (unpaired) electrons. The summed E-state index contributed by atoms with van der Waals surface area (Å²) in [6.45, 7) is 4.29. The molecule has 0 saturated heterocycles. The van der Waals surface area contributed by atoms with Gasteiger partial charge in [-0.05, 0) is 63.5 Å². The van der Waals surface area contributed by atoms with Crippen LogP contribution in [-0.4, -0.2) is 11.6 Å². The van der Waals surface area contributed by atoms with E-state index in [-0.39, 0.29) is 11.8 Å². The van der Waals surface area contributed by atoms with Crippen LogP contribution >= 0.6 is 0 Å². The summed E-state index contributed by atoms with van der Waals surface area (Å²) in [6.07, 6.45) is 14.1. The van der Waals surface area contributed by atoms with Gasteiger partial charge in [-0.15, -0.1) is 0 Å². The zero-order valence-corrected chi connectivity index (χ0v) is 14.2. The molecule has 2 unspecified atom stereocenters. The Morgan fingerprint density at radius 1 is 0.818 bits per heavy atom. The van der Waals surface area contributed by atoms with E-state index in [0.29, 0.717) is 11.6 Å². The van der Waals surface area contributed by atoms with Crippen molar-refractivity contribution in [1.29, 1.82) is 0 Å². The molecular formula is C20H30O2. The highest BCUT2D eigenvalue weighted by atomic mass is 16.1. The van der Waals surface area contributed by atoms with Crippen molar-refractivity contribution in [3.05, 3.63) is 23.3 Å². The highest BCUT2D eigenvalue weighted by molar-refractivity contribution is 5.93. The fraction of sp³-hybridized carbons (Fsp3) is 0.700. The maximum atomic E-state index is 12.1. The minimum atomic E-state index is 0.263. The van der Waals surface area contributed by atoms with Crippen LogP contribution in [0.25, 0.3) is 0 Å². The van der Waals surface area contributed by atoms with Crippen molar-refractivity contribution >= 4 is 11.6 Å². The molecule has 0 spiro atoms. The van der Waals surface area contributed by atoms with E-state index in [0.717, 1.165) is 64.2 Å². The van der Waals surface area contributed by atoms with Gasteiger partial charge in [-0.25, -0.2) is 0 Å². The maximum absolute atomic E-state index is 12.1. The normalized spacial score (nSPS) is 25.9. The Bertz CT molecular complexity index is 426. The summed E-state index contributed by atoms with van der Waals surface area (Å²) in [5, 5.41) is 0. The van der Waals surface area contributed by atoms with Crippen LogP contribution in [-0.2, 0) is 9.59 Å². The van der Waals surface area contributed by atoms with Gasteiger partial charge in [-0.1, -0.05) is 37.8 Å². The molecule has 2 heteroatoms. The predicted molar refractivity (Wildman–Crippen MR) is 90.7 cm³/mol. The minimum Gasteiger partial charge on any atom is -0.295 e. The van der Waals surface area contributed by atoms with Gasteiger partial charge < -0.3 is 0 Å². The summed E-state index contributed by atoms with van der Waals surface area (Å²) in [6, 6.07) is 0. The topological polar surface area (TPSA) is 34.1 Å². The number of carbonyl (C=O) groups is 2. The van der Waals surface area contributed by atoms with Crippen molar-refractivity contribution in [2.75, 3.05) is 0 Å². The van der Waals surface area contributed by atoms with Crippen LogP contribution in [0, 0.1) is 11.8 Å². The second-order valence-electron chi connectivity index (χ2n) is 6.96. The third-order valence-electron chi connectivity index (χ3n) is 5.17. The summed E-state index contributed by atoms with van der Waals surface area (Å²) in [5.41, 5.74) is 2.59. The van der Waals surface area contributed by atoms with Crippen LogP contribution in [0.15, 0.2) is 23.3 Å². The van der Waals surface area contributed by atoms with Gasteiger partial charge in [0.15, 0.2) is 11.6 Å². The quantitative estimate of drug-likeness (QED) is 0.649. The molecule has 0 aromatic heterocycles. The SMILES string of the molecule is CCCC1CCC(CCC2=CC(=O)C(CCC)CC2)=CC1=O. The van der Waals surface area contributed by atoms with Crippen LogP contribution in [0.3, 0.4) is 0 Å². The molecule has 122 valence electrons. The van der Waals surface area contributed by atoms with Crippen LogP contribution in [0.1, 0.15) is 78.1 Å². The highest BCUT2D eigenvalue weighted by Crippen LogP contribution is 2.31. The molecular weight excluding hydrogens is 272 g/mol. The Hall–Kier alpha value is -1.18. The molecule has 0 bridgehead atoms. The second-order valence-corrected chi connectivity index (χ2v) is 6.96. The molecule has 2 aliphatic rings. The largest absolute Gasteiger partial charge is 0.295 e. The molecule has 2 atom stereocenters. The molecule has 2 nitrogen and oxygen atoms in total. The van der Waals surface area contributed by atoms with E-state index in [1.807, 2.05) is 12.2 Å². The lowest BCUT2D eigenvalue weighted by atomic mass is 9.81. The van der Waals surface area contributed by atoms with Gasteiger partial charge >= 0.3 is 0 Å². The van der Waals surface area contributed by atoms with Crippen molar-refractivity contribution in [3.8, 4) is 0 Å². The second kappa shape index (κ2) is 8.45. The van der Waals surface area contributed by atoms with E-state index in [4.69, 9.17) is 0 Å². The smallest absolute Gasteiger partial charge is 0.158 e. The van der Waals surface area contributed by atoms with E-state index in [2.05, 4.69) is 13.8 Å². The van der Waals surface area contributed by atoms with Crippen molar-refractivity contribution in [1.82, 2.24) is 0 Å². The third-order valence-corrected chi connectivity index (χ3v) is 5.17. The standard InChI is InChI=1S/C20H30O2/c1-3-5-17-11-9-15(13-19(17)21)7-8-16-10-12-18(6-4-2)20(22)14-16/h13-14,17-18H,3-12H2,1-2H3. The van der Waals surface area contributed by atoms with Crippen LogP contribution in [0.5, 0.6) is 0 Å². The first-order valence-corrected chi connectivity index (χ1v) is 9.10. The van der Waals surface area contributed by atoms with Gasteiger partial charge in [-0.2, -0.15) is 0 Å². The maximum Gasteiger partial charge on any atom is 0.158 e. The van der Waals surface area contributed by atoms with E-state index >= 15 is 0 Å². The summed E-state index contributed by atoms with van der Waals surface area (Å²) in [4.78, 5) is 24.1. The first-order valence-electron chi connectivity index (χ1n) is 9.10. The number of ketones is 2. The number of rotatable bonds is 7. The van der Waals surface area contributed by atoms with Gasteiger partial charge in [0.25, 0.3) is 0 Å². The number of hydrogen-bond acceptors (Lipinski definition) is 2. The molecule has 0 aromatic rings. The molecule has 2 rings (SSSR count).